The third kappa shape index (κ3) is 4.84. The molecule has 0 fully saturated rings. The molecule has 0 aliphatic heterocycles. The van der Waals surface area contributed by atoms with Gasteiger partial charge in [0.05, 0.1) is 10.9 Å². The molecule has 2 heterocycles. The van der Waals surface area contributed by atoms with Crippen LogP contribution in [0.4, 0.5) is 18.3 Å². The molecule has 8 nitrogen and oxygen atoms in total. The van der Waals surface area contributed by atoms with Crippen molar-refractivity contribution in [2.75, 3.05) is 5.32 Å². The number of alkyl halides is 3. The molecule has 0 bridgehead atoms. The van der Waals surface area contributed by atoms with Gasteiger partial charge in [0.25, 0.3) is 5.56 Å². The van der Waals surface area contributed by atoms with Crippen molar-refractivity contribution in [1.82, 2.24) is 20.2 Å². The van der Waals surface area contributed by atoms with E-state index in [0.717, 1.165) is 11.8 Å². The van der Waals surface area contributed by atoms with E-state index >= 15 is 0 Å². The molecule has 0 aliphatic rings. The summed E-state index contributed by atoms with van der Waals surface area (Å²) < 4.78 is 37.8. The second-order valence-corrected chi connectivity index (χ2v) is 8.04. The summed E-state index contributed by atoms with van der Waals surface area (Å²) in [6.07, 6.45) is -4.65. The molecule has 1 aromatic carbocycles. The van der Waals surface area contributed by atoms with Crippen LogP contribution < -0.4 is 10.9 Å². The van der Waals surface area contributed by atoms with Crippen molar-refractivity contribution < 1.29 is 18.0 Å². The average molecular weight is 452 g/mol. The van der Waals surface area contributed by atoms with Gasteiger partial charge < -0.3 is 4.98 Å². The summed E-state index contributed by atoms with van der Waals surface area (Å²) in [5, 5.41) is 15.6. The molecule has 3 rings (SSSR count). The maximum absolute atomic E-state index is 12.6. The lowest BCUT2D eigenvalue weighted by molar-refractivity contribution is -0.138. The van der Waals surface area contributed by atoms with E-state index < -0.39 is 27.9 Å². The summed E-state index contributed by atoms with van der Waals surface area (Å²) in [6, 6.07) is 10.4. The van der Waals surface area contributed by atoms with Gasteiger partial charge in [-0.2, -0.15) is 18.4 Å². The summed E-state index contributed by atoms with van der Waals surface area (Å²) >= 11 is 1.07. The number of nitriles is 1. The number of aromatic amines is 1. The number of benzene rings is 1. The van der Waals surface area contributed by atoms with Gasteiger partial charge in [0.1, 0.15) is 11.6 Å². The van der Waals surface area contributed by atoms with Crippen molar-refractivity contribution in [3.05, 3.63) is 51.3 Å². The Labute approximate surface area is 175 Å². The van der Waals surface area contributed by atoms with Gasteiger partial charge in [-0.3, -0.25) is 14.9 Å². The highest BCUT2D eigenvalue weighted by Crippen LogP contribution is 2.33. The molecular formula is C17H11F3N6O2S2. The summed E-state index contributed by atoms with van der Waals surface area (Å²) in [7, 11) is 0. The Morgan fingerprint density at radius 2 is 2.00 bits per heavy atom. The number of carbonyl (C=O) groups excluding carboxylic acids is 1. The minimum atomic E-state index is -4.65. The quantitative estimate of drug-likeness (QED) is 0.450. The van der Waals surface area contributed by atoms with Gasteiger partial charge in [-0.05, 0) is 6.92 Å². The lowest BCUT2D eigenvalue weighted by atomic mass is 10.1. The van der Waals surface area contributed by atoms with Crippen molar-refractivity contribution >= 4 is 34.1 Å². The SMILES string of the molecule is CC(Sc1nc(-c2ccccc2)c(C#N)c(=O)[nH]1)C(=O)Nc1nnc(C(F)(F)F)s1. The second kappa shape index (κ2) is 8.64. The number of aromatic nitrogens is 4. The number of hydrogen-bond acceptors (Lipinski definition) is 8. The number of hydrogen-bond donors (Lipinski definition) is 2. The highest BCUT2D eigenvalue weighted by Gasteiger charge is 2.36. The zero-order valence-corrected chi connectivity index (χ0v) is 16.7. The molecule has 1 atom stereocenters. The highest BCUT2D eigenvalue weighted by molar-refractivity contribution is 8.00. The van der Waals surface area contributed by atoms with Crippen molar-refractivity contribution in [3.8, 4) is 17.3 Å². The minimum absolute atomic E-state index is 0.0775. The van der Waals surface area contributed by atoms with E-state index in [-0.39, 0.29) is 32.9 Å². The Bertz CT molecular complexity index is 1170. The lowest BCUT2D eigenvalue weighted by Gasteiger charge is -2.11. The van der Waals surface area contributed by atoms with Crippen LogP contribution in [0.3, 0.4) is 0 Å². The maximum atomic E-state index is 12.6. The number of nitrogens with zero attached hydrogens (tertiary/aromatic N) is 4. The fraction of sp³-hybridized carbons (Fsp3) is 0.176. The highest BCUT2D eigenvalue weighted by atomic mass is 32.2. The number of carbonyl (C=O) groups is 1. The number of nitrogens with one attached hydrogen (secondary N) is 2. The molecule has 13 heteroatoms. The molecule has 2 aromatic heterocycles. The zero-order valence-electron chi connectivity index (χ0n) is 15.0. The van der Waals surface area contributed by atoms with Crippen LogP contribution in [0, 0.1) is 11.3 Å². The largest absolute Gasteiger partial charge is 0.445 e. The van der Waals surface area contributed by atoms with Crippen molar-refractivity contribution in [2.45, 2.75) is 23.5 Å². The smallest absolute Gasteiger partial charge is 0.300 e. The van der Waals surface area contributed by atoms with E-state index in [1.165, 1.54) is 6.92 Å². The van der Waals surface area contributed by atoms with Crippen molar-refractivity contribution in [1.29, 1.82) is 5.26 Å². The first-order valence-electron chi connectivity index (χ1n) is 8.17. The van der Waals surface area contributed by atoms with Gasteiger partial charge in [0.2, 0.25) is 16.0 Å². The molecule has 1 unspecified atom stereocenters. The van der Waals surface area contributed by atoms with Gasteiger partial charge in [-0.1, -0.05) is 53.4 Å². The van der Waals surface area contributed by atoms with Crippen LogP contribution in [0.15, 0.2) is 40.3 Å². The molecule has 0 spiro atoms. The second-order valence-electron chi connectivity index (χ2n) is 5.73. The molecular weight excluding hydrogens is 441 g/mol. The van der Waals surface area contributed by atoms with Crippen LogP contribution in [0.25, 0.3) is 11.3 Å². The van der Waals surface area contributed by atoms with Crippen LogP contribution in [-0.4, -0.2) is 31.3 Å². The number of rotatable bonds is 5. The number of halogens is 3. The van der Waals surface area contributed by atoms with Gasteiger partial charge >= 0.3 is 6.18 Å². The van der Waals surface area contributed by atoms with E-state index in [4.69, 9.17) is 0 Å². The van der Waals surface area contributed by atoms with Gasteiger partial charge in [-0.25, -0.2) is 4.98 Å². The first-order valence-corrected chi connectivity index (χ1v) is 9.86. The zero-order chi connectivity index (χ0) is 21.9. The topological polar surface area (TPSA) is 124 Å². The molecule has 0 saturated heterocycles. The molecule has 30 heavy (non-hydrogen) atoms. The predicted octanol–water partition coefficient (Wildman–Crippen LogP) is 3.30. The standard InChI is InChI=1S/C17H11F3N6O2S2/c1-8(12(27)23-16-26-25-14(30-16)17(18,19)20)29-15-22-11(9-5-3-2-4-6-9)10(7-21)13(28)24-15/h2-6,8H,1H3,(H,22,24,28)(H,23,26,27). The Morgan fingerprint density at radius 3 is 2.60 bits per heavy atom. The molecule has 0 saturated carbocycles. The van der Waals surface area contributed by atoms with Crippen LogP contribution in [0.1, 0.15) is 17.5 Å². The number of H-pyrrole nitrogens is 1. The average Bonchev–Trinajstić information content (AvgIpc) is 3.17. The number of amides is 1. The Morgan fingerprint density at radius 1 is 1.30 bits per heavy atom. The maximum Gasteiger partial charge on any atom is 0.445 e. The van der Waals surface area contributed by atoms with Gasteiger partial charge in [0.15, 0.2) is 5.16 Å². The van der Waals surface area contributed by atoms with E-state index in [2.05, 4.69) is 25.5 Å². The molecule has 1 amide bonds. The van der Waals surface area contributed by atoms with Crippen LogP contribution >= 0.6 is 23.1 Å². The van der Waals surface area contributed by atoms with Crippen molar-refractivity contribution in [3.63, 3.8) is 0 Å². The Balaban J connectivity index is 1.79. The summed E-state index contributed by atoms with van der Waals surface area (Å²) in [6.45, 7) is 1.48. The van der Waals surface area contributed by atoms with E-state index in [1.54, 1.807) is 30.3 Å². The molecule has 0 aliphatic carbocycles. The lowest BCUT2D eigenvalue weighted by Crippen LogP contribution is -2.23. The molecule has 154 valence electrons. The van der Waals surface area contributed by atoms with Crippen LogP contribution in [-0.2, 0) is 11.0 Å². The first kappa shape index (κ1) is 21.5. The van der Waals surface area contributed by atoms with Gasteiger partial charge in [-0.15, -0.1) is 10.2 Å². The fourth-order valence-corrected chi connectivity index (χ4v) is 3.64. The summed E-state index contributed by atoms with van der Waals surface area (Å²) in [5.74, 6) is -0.654. The van der Waals surface area contributed by atoms with Crippen LogP contribution in [0.2, 0.25) is 0 Å². The normalized spacial score (nSPS) is 12.2. The Kier molecular flexibility index (Phi) is 6.18. The minimum Gasteiger partial charge on any atom is -0.300 e. The van der Waals surface area contributed by atoms with E-state index in [9.17, 15) is 28.0 Å². The van der Waals surface area contributed by atoms with Gasteiger partial charge in [0, 0.05) is 5.56 Å². The first-order chi connectivity index (χ1) is 14.2. The summed E-state index contributed by atoms with van der Waals surface area (Å²) in [4.78, 5) is 31.2. The summed E-state index contributed by atoms with van der Waals surface area (Å²) in [5.41, 5.74) is -0.125. The van der Waals surface area contributed by atoms with Crippen LogP contribution in [0.5, 0.6) is 0 Å². The molecule has 0 radical (unpaired) electrons. The monoisotopic (exact) mass is 452 g/mol. The molecule has 2 N–H and O–H groups in total. The molecule has 3 aromatic rings. The van der Waals surface area contributed by atoms with E-state index in [1.807, 2.05) is 6.07 Å². The van der Waals surface area contributed by atoms with E-state index in [0.29, 0.717) is 5.56 Å². The Hall–Kier alpha value is -3.24. The fourth-order valence-electron chi connectivity index (χ4n) is 2.23. The third-order valence-corrected chi connectivity index (χ3v) is 5.48. The predicted molar refractivity (Wildman–Crippen MR) is 104 cm³/mol. The third-order valence-electron chi connectivity index (χ3n) is 3.61. The number of thioether (sulfide) groups is 1. The number of anilines is 1. The van der Waals surface area contributed by atoms with Crippen molar-refractivity contribution in [2.24, 2.45) is 0 Å².